The van der Waals surface area contributed by atoms with Gasteiger partial charge in [-0.15, -0.1) is 0 Å². The van der Waals surface area contributed by atoms with Crippen molar-refractivity contribution in [2.75, 3.05) is 20.7 Å². The van der Waals surface area contributed by atoms with E-state index in [4.69, 9.17) is 23.7 Å². The number of ketones is 2. The minimum atomic E-state index is -1.39. The van der Waals surface area contributed by atoms with Crippen molar-refractivity contribution < 1.29 is 48.0 Å². The number of aliphatic hydroxyl groups excluding tert-OH is 1. The number of carbonyl (C=O) groups is 4. The van der Waals surface area contributed by atoms with E-state index in [9.17, 15) is 24.3 Å². The van der Waals surface area contributed by atoms with E-state index in [1.54, 1.807) is 47.7 Å². The van der Waals surface area contributed by atoms with Gasteiger partial charge in [0.2, 0.25) is 0 Å². The lowest BCUT2D eigenvalue weighted by atomic mass is 9.73. The van der Waals surface area contributed by atoms with Crippen LogP contribution >= 0.6 is 0 Å². The van der Waals surface area contributed by atoms with Gasteiger partial charge in [-0.2, -0.15) is 0 Å². The summed E-state index contributed by atoms with van der Waals surface area (Å²) in [7, 11) is 3.73. The number of fused-ring (bicyclic) bond motifs is 2. The number of alkyl carbamates (subject to hydrolysis) is 1. The van der Waals surface area contributed by atoms with Crippen LogP contribution in [0.25, 0.3) is 10.9 Å². The second kappa shape index (κ2) is 17.7. The standard InChI is InChI=1S/C43H59N3O10/c1-11-33-43(8)37(45-41(51)56-43)26(4)34(47)24(2)22-42(7,52-19-15-14-16-29-21-30-17-12-13-18-31(30)44-23-29)38(27(5)35(48)28(6)39(50)54-33)55-40-36(49)32(46(9)10)20-25(3)53-40/h12-13,17-18,21,23-28,32-33,36-38,40,49H,11,16,19-20,22H2,1-10H3,(H,45,51)/t24-,25-,26+,27+,28-,32+,33-,36-,37-,38-,40+,42-,43-/m1/s1. The fourth-order valence-corrected chi connectivity index (χ4v) is 8.76. The number of aromatic nitrogens is 1. The van der Waals surface area contributed by atoms with Crippen LogP contribution in [0.15, 0.2) is 36.5 Å². The van der Waals surface area contributed by atoms with Gasteiger partial charge in [0, 0.05) is 41.8 Å². The van der Waals surface area contributed by atoms with Crippen molar-refractivity contribution in [3.63, 3.8) is 0 Å². The maximum absolute atomic E-state index is 14.4. The smallest absolute Gasteiger partial charge is 0.408 e. The van der Waals surface area contributed by atoms with Crippen LogP contribution in [0.1, 0.15) is 80.2 Å². The fraction of sp³-hybridized carbons (Fsp3) is 0.651. The number of esters is 1. The van der Waals surface area contributed by atoms with E-state index in [-0.39, 0.29) is 37.4 Å². The van der Waals surface area contributed by atoms with Gasteiger partial charge < -0.3 is 39.0 Å². The van der Waals surface area contributed by atoms with Crippen LogP contribution in [0.5, 0.6) is 0 Å². The van der Waals surface area contributed by atoms with E-state index in [1.807, 2.05) is 56.3 Å². The number of Topliss-reactive ketones (excluding diaryl/α,β-unsaturated/α-hetero) is 2. The van der Waals surface area contributed by atoms with Gasteiger partial charge in [-0.1, -0.05) is 57.7 Å². The number of aliphatic hydroxyl groups is 1. The minimum absolute atomic E-state index is 0.0679. The number of pyridine rings is 1. The summed E-state index contributed by atoms with van der Waals surface area (Å²) in [6.07, 6.45) is -2.26. The number of likely N-dealkylation sites (N-methyl/N-ethyl adjacent to an activating group) is 1. The summed E-state index contributed by atoms with van der Waals surface area (Å²) in [6.45, 7) is 13.6. The van der Waals surface area contributed by atoms with Crippen molar-refractivity contribution >= 4 is 34.5 Å². The third-order valence-corrected chi connectivity index (χ3v) is 12.0. The Morgan fingerprint density at radius 2 is 1.73 bits per heavy atom. The van der Waals surface area contributed by atoms with Gasteiger partial charge in [0.05, 0.1) is 29.4 Å². The van der Waals surface area contributed by atoms with Crippen molar-refractivity contribution in [2.45, 2.75) is 135 Å². The third kappa shape index (κ3) is 9.11. The topological polar surface area (TPSA) is 163 Å². The molecule has 56 heavy (non-hydrogen) atoms. The van der Waals surface area contributed by atoms with Gasteiger partial charge in [0.15, 0.2) is 17.7 Å². The number of benzene rings is 1. The summed E-state index contributed by atoms with van der Waals surface area (Å²) in [5, 5.41) is 15.4. The molecule has 2 N–H and O–H groups in total. The minimum Gasteiger partial charge on any atom is -0.458 e. The molecular formula is C43H59N3O10. The SMILES string of the molecule is CC[C@H]1OC(=O)[C@H](C)C(=O)[C@H](C)[C@@H](O[C@@H]2O[C@H](C)C[C@H](N(C)C)[C@H]2O)[C@](C)(OCC#CCc2cnc3ccccc3c2)C[C@@H](C)C(=O)[C@H](C)[C@H]2NC(=O)O[C@@]21C. The number of para-hydroxylation sites is 1. The molecule has 306 valence electrons. The van der Waals surface area contributed by atoms with Crippen molar-refractivity contribution in [3.05, 3.63) is 42.1 Å². The number of nitrogens with one attached hydrogen (secondary N) is 1. The molecular weight excluding hydrogens is 718 g/mol. The first-order valence-electron chi connectivity index (χ1n) is 19.8. The highest BCUT2D eigenvalue weighted by atomic mass is 16.7. The summed E-state index contributed by atoms with van der Waals surface area (Å²) in [5.41, 5.74) is -0.951. The number of rotatable bonds is 7. The van der Waals surface area contributed by atoms with E-state index in [0.29, 0.717) is 12.8 Å². The van der Waals surface area contributed by atoms with E-state index in [0.717, 1.165) is 16.5 Å². The zero-order valence-corrected chi connectivity index (χ0v) is 34.4. The molecule has 0 aliphatic carbocycles. The van der Waals surface area contributed by atoms with Gasteiger partial charge >= 0.3 is 12.1 Å². The van der Waals surface area contributed by atoms with Crippen LogP contribution in [-0.2, 0) is 44.5 Å². The third-order valence-electron chi connectivity index (χ3n) is 12.0. The molecule has 0 unspecified atom stereocenters. The van der Waals surface area contributed by atoms with Crippen molar-refractivity contribution in [2.24, 2.45) is 23.7 Å². The first-order valence-corrected chi connectivity index (χ1v) is 19.8. The Labute approximate surface area is 330 Å². The highest BCUT2D eigenvalue weighted by Crippen LogP contribution is 2.40. The number of amides is 1. The zero-order valence-electron chi connectivity index (χ0n) is 34.4. The summed E-state index contributed by atoms with van der Waals surface area (Å²) in [4.78, 5) is 61.8. The van der Waals surface area contributed by atoms with E-state index < -0.39 is 83.4 Å². The van der Waals surface area contributed by atoms with Crippen LogP contribution in [0.2, 0.25) is 0 Å². The van der Waals surface area contributed by atoms with Gasteiger partial charge in [0.25, 0.3) is 0 Å². The van der Waals surface area contributed by atoms with E-state index in [2.05, 4.69) is 22.1 Å². The molecule has 3 aliphatic rings. The Morgan fingerprint density at radius 1 is 1.02 bits per heavy atom. The molecule has 2 aromatic rings. The van der Waals surface area contributed by atoms with Crippen LogP contribution in [0.3, 0.4) is 0 Å². The Bertz CT molecular complexity index is 1830. The molecule has 1 amide bonds. The van der Waals surface area contributed by atoms with Crippen molar-refractivity contribution in [1.29, 1.82) is 0 Å². The molecule has 0 saturated carbocycles. The molecule has 13 heteroatoms. The lowest BCUT2D eigenvalue weighted by Gasteiger charge is -2.47. The summed E-state index contributed by atoms with van der Waals surface area (Å²) in [6, 6.07) is 8.73. The lowest BCUT2D eigenvalue weighted by Crippen LogP contribution is -2.60. The Morgan fingerprint density at radius 3 is 2.43 bits per heavy atom. The number of hydrogen-bond donors (Lipinski definition) is 2. The number of ether oxygens (including phenoxy) is 5. The maximum Gasteiger partial charge on any atom is 0.408 e. The number of hydrogen-bond acceptors (Lipinski definition) is 12. The number of nitrogens with zero attached hydrogens (tertiary/aromatic N) is 2. The highest BCUT2D eigenvalue weighted by Gasteiger charge is 2.57. The van der Waals surface area contributed by atoms with E-state index in [1.165, 1.54) is 6.92 Å². The van der Waals surface area contributed by atoms with Crippen LogP contribution < -0.4 is 5.32 Å². The molecule has 0 radical (unpaired) electrons. The second-order valence-electron chi connectivity index (χ2n) is 16.5. The molecule has 4 heterocycles. The molecule has 3 aliphatic heterocycles. The summed E-state index contributed by atoms with van der Waals surface area (Å²) in [5.74, 6) is 1.06. The average Bonchev–Trinajstić information content (AvgIpc) is 3.48. The summed E-state index contributed by atoms with van der Waals surface area (Å²) < 4.78 is 31.3. The fourth-order valence-electron chi connectivity index (χ4n) is 8.76. The second-order valence-corrected chi connectivity index (χ2v) is 16.5. The predicted octanol–water partition coefficient (Wildman–Crippen LogP) is 4.64. The zero-order chi connectivity index (χ0) is 41.1. The molecule has 1 aromatic heterocycles. The molecule has 0 spiro atoms. The Balaban J connectivity index is 1.53. The predicted molar refractivity (Wildman–Crippen MR) is 208 cm³/mol. The summed E-state index contributed by atoms with van der Waals surface area (Å²) >= 11 is 0. The number of carbonyl (C=O) groups excluding carboxylic acids is 4. The number of cyclic esters (lactones) is 1. The quantitative estimate of drug-likeness (QED) is 0.228. The molecule has 3 fully saturated rings. The average molecular weight is 778 g/mol. The molecule has 13 atom stereocenters. The van der Waals surface area contributed by atoms with Crippen LogP contribution in [0.4, 0.5) is 4.79 Å². The first-order chi connectivity index (χ1) is 26.4. The Hall–Kier alpha value is -3.93. The molecule has 13 nitrogen and oxygen atoms in total. The first kappa shape index (κ1) is 43.2. The van der Waals surface area contributed by atoms with Crippen LogP contribution in [-0.4, -0.2) is 113 Å². The lowest BCUT2D eigenvalue weighted by molar-refractivity contribution is -0.296. The van der Waals surface area contributed by atoms with E-state index >= 15 is 0 Å². The van der Waals surface area contributed by atoms with Gasteiger partial charge in [-0.05, 0) is 78.7 Å². The Kier molecular flexibility index (Phi) is 13.6. The molecule has 5 rings (SSSR count). The highest BCUT2D eigenvalue weighted by molar-refractivity contribution is 6.00. The van der Waals surface area contributed by atoms with Crippen LogP contribution in [0, 0.1) is 35.5 Å². The van der Waals surface area contributed by atoms with Gasteiger partial charge in [-0.3, -0.25) is 19.4 Å². The monoisotopic (exact) mass is 777 g/mol. The largest absolute Gasteiger partial charge is 0.458 e. The van der Waals surface area contributed by atoms with Gasteiger partial charge in [0.1, 0.15) is 30.5 Å². The van der Waals surface area contributed by atoms with Crippen molar-refractivity contribution in [1.82, 2.24) is 15.2 Å². The van der Waals surface area contributed by atoms with Gasteiger partial charge in [-0.25, -0.2) is 4.79 Å². The molecule has 0 bridgehead atoms. The van der Waals surface area contributed by atoms with Crippen molar-refractivity contribution in [3.8, 4) is 11.8 Å². The molecule has 3 saturated heterocycles. The normalized spacial score (nSPS) is 37.2. The molecule has 1 aromatic carbocycles. The maximum atomic E-state index is 14.4.